The predicted octanol–water partition coefficient (Wildman–Crippen LogP) is 4.51. The fraction of sp³-hybridized carbons (Fsp3) is 0.0556. The van der Waals surface area contributed by atoms with Gasteiger partial charge in [-0.3, -0.25) is 0 Å². The van der Waals surface area contributed by atoms with Gasteiger partial charge in [0.2, 0.25) is 0 Å². The van der Waals surface area contributed by atoms with Crippen LogP contribution in [0.1, 0.15) is 0 Å². The molecule has 0 aliphatic heterocycles. The molecule has 0 aliphatic carbocycles. The molecule has 2 heterocycles. The lowest BCUT2D eigenvalue weighted by molar-refractivity contribution is 0.417. The average Bonchev–Trinajstić information content (AvgIpc) is 3.08. The number of ether oxygens (including phenoxy) is 1. The van der Waals surface area contributed by atoms with E-state index < -0.39 is 0 Å². The lowest BCUT2D eigenvalue weighted by atomic mass is 10.2. The molecule has 0 saturated heterocycles. The number of fused-ring (bicyclic) bond motifs is 1. The number of nitrogens with zero attached hydrogens (tertiary/aromatic N) is 3. The van der Waals surface area contributed by atoms with Gasteiger partial charge in [0.25, 0.3) is 0 Å². The van der Waals surface area contributed by atoms with Crippen molar-refractivity contribution in [3.8, 4) is 16.3 Å². The third-order valence-corrected chi connectivity index (χ3v) is 4.59. The number of para-hydroxylation sites is 2. The van der Waals surface area contributed by atoms with Gasteiger partial charge in [-0.2, -0.15) is 0 Å². The Morgan fingerprint density at radius 1 is 0.958 bits per heavy atom. The lowest BCUT2D eigenvalue weighted by Gasteiger charge is -2.09. The fourth-order valence-electron chi connectivity index (χ4n) is 2.43. The molecule has 0 unspecified atom stereocenters. The zero-order valence-corrected chi connectivity index (χ0v) is 13.7. The minimum atomic E-state index is 0.669. The van der Waals surface area contributed by atoms with Crippen molar-refractivity contribution in [2.75, 3.05) is 12.4 Å². The number of anilines is 2. The van der Waals surface area contributed by atoms with Crippen molar-refractivity contribution in [3.63, 3.8) is 0 Å². The summed E-state index contributed by atoms with van der Waals surface area (Å²) in [7, 11) is 1.65. The first-order valence-corrected chi connectivity index (χ1v) is 8.24. The van der Waals surface area contributed by atoms with Crippen molar-refractivity contribution in [1.82, 2.24) is 15.0 Å². The van der Waals surface area contributed by atoms with Crippen molar-refractivity contribution in [2.24, 2.45) is 0 Å². The number of hydrogen-bond donors (Lipinski definition) is 1. The Bertz CT molecular complexity index is 985. The summed E-state index contributed by atoms with van der Waals surface area (Å²) in [6, 6.07) is 17.8. The molecule has 0 bridgehead atoms. The first-order valence-electron chi connectivity index (χ1n) is 7.42. The van der Waals surface area contributed by atoms with Crippen molar-refractivity contribution >= 4 is 33.2 Å². The van der Waals surface area contributed by atoms with Crippen LogP contribution in [-0.2, 0) is 0 Å². The highest BCUT2D eigenvalue weighted by Gasteiger charge is 2.13. The van der Waals surface area contributed by atoms with Crippen LogP contribution in [0.15, 0.2) is 60.9 Å². The molecule has 0 spiro atoms. The average molecular weight is 334 g/mol. The molecule has 0 saturated carbocycles. The van der Waals surface area contributed by atoms with E-state index in [9.17, 15) is 0 Å². The van der Waals surface area contributed by atoms with Gasteiger partial charge in [0.05, 0.1) is 12.8 Å². The highest BCUT2D eigenvalue weighted by atomic mass is 32.1. The maximum atomic E-state index is 5.38. The van der Waals surface area contributed by atoms with Gasteiger partial charge < -0.3 is 10.1 Å². The van der Waals surface area contributed by atoms with Crippen molar-refractivity contribution in [3.05, 3.63) is 60.9 Å². The summed E-state index contributed by atoms with van der Waals surface area (Å²) in [6.45, 7) is 0. The van der Waals surface area contributed by atoms with Crippen LogP contribution in [0.25, 0.3) is 20.9 Å². The molecule has 0 radical (unpaired) electrons. The summed E-state index contributed by atoms with van der Waals surface area (Å²) >= 11 is 1.55. The molecular formula is C18H14N4OS. The molecule has 118 valence electrons. The van der Waals surface area contributed by atoms with Crippen molar-refractivity contribution in [1.29, 1.82) is 0 Å². The Kier molecular flexibility index (Phi) is 3.80. The SMILES string of the molecule is COc1ccccc1Nc1ncnc2sc(-c3ccccc3)nc12. The van der Waals surface area contributed by atoms with E-state index in [1.165, 1.54) is 0 Å². The predicted molar refractivity (Wildman–Crippen MR) is 96.9 cm³/mol. The molecule has 0 fully saturated rings. The Morgan fingerprint density at radius 3 is 2.58 bits per heavy atom. The summed E-state index contributed by atoms with van der Waals surface area (Å²) in [5.74, 6) is 1.42. The van der Waals surface area contributed by atoms with Crippen LogP contribution < -0.4 is 10.1 Å². The molecule has 6 heteroatoms. The number of rotatable bonds is 4. The summed E-state index contributed by atoms with van der Waals surface area (Å²) in [6.07, 6.45) is 1.55. The van der Waals surface area contributed by atoms with Crippen LogP contribution in [0.5, 0.6) is 5.75 Å². The van der Waals surface area contributed by atoms with Gasteiger partial charge in [-0.15, -0.1) is 0 Å². The van der Waals surface area contributed by atoms with E-state index in [-0.39, 0.29) is 0 Å². The zero-order valence-electron chi connectivity index (χ0n) is 12.9. The van der Waals surface area contributed by atoms with E-state index in [0.717, 1.165) is 32.4 Å². The van der Waals surface area contributed by atoms with Crippen LogP contribution in [-0.4, -0.2) is 22.1 Å². The topological polar surface area (TPSA) is 59.9 Å². The van der Waals surface area contributed by atoms with E-state index in [1.54, 1.807) is 24.8 Å². The first kappa shape index (κ1) is 14.6. The zero-order chi connectivity index (χ0) is 16.4. The smallest absolute Gasteiger partial charge is 0.161 e. The van der Waals surface area contributed by atoms with Gasteiger partial charge in [0.1, 0.15) is 27.4 Å². The van der Waals surface area contributed by atoms with Crippen LogP contribution >= 0.6 is 11.3 Å². The van der Waals surface area contributed by atoms with E-state index in [1.807, 2.05) is 54.6 Å². The highest BCUT2D eigenvalue weighted by Crippen LogP contribution is 2.33. The monoisotopic (exact) mass is 334 g/mol. The maximum absolute atomic E-state index is 5.38. The molecule has 24 heavy (non-hydrogen) atoms. The van der Waals surface area contributed by atoms with Gasteiger partial charge >= 0.3 is 0 Å². The second-order valence-corrected chi connectivity index (χ2v) is 6.06. The van der Waals surface area contributed by atoms with Crippen LogP contribution in [0.3, 0.4) is 0 Å². The van der Waals surface area contributed by atoms with Crippen LogP contribution in [0.4, 0.5) is 11.5 Å². The normalized spacial score (nSPS) is 10.7. The van der Waals surface area contributed by atoms with E-state index >= 15 is 0 Å². The number of nitrogens with one attached hydrogen (secondary N) is 1. The Hall–Kier alpha value is -2.99. The Labute approximate surface area is 143 Å². The second kappa shape index (κ2) is 6.25. The maximum Gasteiger partial charge on any atom is 0.161 e. The Balaban J connectivity index is 1.78. The van der Waals surface area contributed by atoms with Crippen LogP contribution in [0.2, 0.25) is 0 Å². The van der Waals surface area contributed by atoms with E-state index in [2.05, 4.69) is 15.3 Å². The van der Waals surface area contributed by atoms with Crippen molar-refractivity contribution < 1.29 is 4.74 Å². The summed E-state index contributed by atoms with van der Waals surface area (Å²) in [4.78, 5) is 14.3. The largest absolute Gasteiger partial charge is 0.495 e. The molecular weight excluding hydrogens is 320 g/mol. The van der Waals surface area contributed by atoms with Gasteiger partial charge in [-0.1, -0.05) is 53.8 Å². The molecule has 2 aromatic heterocycles. The minimum absolute atomic E-state index is 0.669. The number of hydrogen-bond acceptors (Lipinski definition) is 6. The van der Waals surface area contributed by atoms with Crippen molar-refractivity contribution in [2.45, 2.75) is 0 Å². The van der Waals surface area contributed by atoms with Gasteiger partial charge in [0.15, 0.2) is 5.82 Å². The van der Waals surface area contributed by atoms with Crippen LogP contribution in [0, 0.1) is 0 Å². The molecule has 5 nitrogen and oxygen atoms in total. The second-order valence-electron chi connectivity index (χ2n) is 5.09. The molecule has 0 amide bonds. The molecule has 2 aromatic carbocycles. The molecule has 1 N–H and O–H groups in total. The molecule has 4 rings (SSSR count). The summed E-state index contributed by atoms with van der Waals surface area (Å²) in [5.41, 5.74) is 2.67. The molecule has 0 aliphatic rings. The number of benzene rings is 2. The minimum Gasteiger partial charge on any atom is -0.495 e. The number of aromatic nitrogens is 3. The summed E-state index contributed by atoms with van der Waals surface area (Å²) in [5, 5.41) is 4.22. The third-order valence-electron chi connectivity index (χ3n) is 3.58. The first-order chi connectivity index (χ1) is 11.8. The lowest BCUT2D eigenvalue weighted by Crippen LogP contribution is -1.97. The van der Waals surface area contributed by atoms with Gasteiger partial charge in [0, 0.05) is 5.56 Å². The van der Waals surface area contributed by atoms with Gasteiger partial charge in [-0.25, -0.2) is 15.0 Å². The molecule has 0 atom stereocenters. The molecule has 4 aromatic rings. The number of methoxy groups -OCH3 is 1. The quantitative estimate of drug-likeness (QED) is 0.595. The fourth-order valence-corrected chi connectivity index (χ4v) is 3.34. The van der Waals surface area contributed by atoms with E-state index in [0.29, 0.717) is 5.82 Å². The number of thiazole rings is 1. The summed E-state index contributed by atoms with van der Waals surface area (Å²) < 4.78 is 5.38. The van der Waals surface area contributed by atoms with E-state index in [4.69, 9.17) is 9.72 Å². The third kappa shape index (κ3) is 2.68. The van der Waals surface area contributed by atoms with Gasteiger partial charge in [-0.05, 0) is 12.1 Å². The Morgan fingerprint density at radius 2 is 1.75 bits per heavy atom. The highest BCUT2D eigenvalue weighted by molar-refractivity contribution is 7.21. The standard InChI is InChI=1S/C18H14N4OS/c1-23-14-10-6-5-9-13(14)21-16-15-18(20-11-19-16)24-17(22-15)12-7-3-2-4-8-12/h2-11H,1H3,(H,19,20,21).